The quantitative estimate of drug-likeness (QED) is 0.801. The predicted octanol–water partition coefficient (Wildman–Crippen LogP) is 4.56. The van der Waals surface area contributed by atoms with E-state index in [1.165, 1.54) is 0 Å². The predicted molar refractivity (Wildman–Crippen MR) is 71.1 cm³/mol. The Bertz CT molecular complexity index is 444. The van der Waals surface area contributed by atoms with Gasteiger partial charge < -0.3 is 4.74 Å². The fourth-order valence-electron chi connectivity index (χ4n) is 2.12. The molecule has 1 aliphatic carbocycles. The summed E-state index contributed by atoms with van der Waals surface area (Å²) in [4.78, 5) is 0. The zero-order valence-corrected chi connectivity index (χ0v) is 11.7. The zero-order chi connectivity index (χ0) is 12.3. The molecule has 2 atom stereocenters. The molecule has 4 heteroatoms. The Morgan fingerprint density at radius 1 is 1.35 bits per heavy atom. The van der Waals surface area contributed by atoms with Gasteiger partial charge in [-0.05, 0) is 37.5 Å². The van der Waals surface area contributed by atoms with Crippen LogP contribution in [-0.4, -0.2) is 6.10 Å². The van der Waals surface area contributed by atoms with E-state index in [-0.39, 0.29) is 12.0 Å². The van der Waals surface area contributed by atoms with Gasteiger partial charge in [0, 0.05) is 4.47 Å². The highest BCUT2D eigenvalue weighted by molar-refractivity contribution is 9.10. The Hall–Kier alpha value is -0.720. The average Bonchev–Trinajstić information content (AvgIpc) is 2.33. The molecular formula is C13H13BrClNO. The molecule has 0 radical (unpaired) electrons. The number of nitriles is 1. The van der Waals surface area contributed by atoms with Gasteiger partial charge in [0.2, 0.25) is 0 Å². The fraction of sp³-hybridized carbons (Fsp3) is 0.462. The van der Waals surface area contributed by atoms with Crippen molar-refractivity contribution in [3.8, 4) is 11.8 Å². The molecule has 1 aromatic carbocycles. The molecule has 0 aliphatic heterocycles. The first-order valence-electron chi connectivity index (χ1n) is 5.72. The van der Waals surface area contributed by atoms with Crippen LogP contribution in [0.1, 0.15) is 25.7 Å². The molecule has 1 aliphatic rings. The van der Waals surface area contributed by atoms with Gasteiger partial charge in [-0.3, -0.25) is 0 Å². The van der Waals surface area contributed by atoms with Crippen molar-refractivity contribution in [2.45, 2.75) is 31.8 Å². The van der Waals surface area contributed by atoms with E-state index in [0.717, 1.165) is 30.2 Å². The summed E-state index contributed by atoms with van der Waals surface area (Å²) in [7, 11) is 0. The Labute approximate surface area is 115 Å². The fourth-order valence-corrected chi connectivity index (χ4v) is 2.84. The second-order valence-corrected chi connectivity index (χ2v) is 5.57. The molecule has 0 N–H and O–H groups in total. The molecule has 2 nitrogen and oxygen atoms in total. The van der Waals surface area contributed by atoms with Gasteiger partial charge in [0.1, 0.15) is 11.9 Å². The number of nitrogens with zero attached hydrogens (tertiary/aromatic N) is 1. The number of benzene rings is 1. The minimum atomic E-state index is -0.0209. The molecule has 1 fully saturated rings. The minimum absolute atomic E-state index is 0.0107. The van der Waals surface area contributed by atoms with Crippen molar-refractivity contribution < 1.29 is 4.74 Å². The highest BCUT2D eigenvalue weighted by atomic mass is 79.9. The minimum Gasteiger partial charge on any atom is -0.487 e. The van der Waals surface area contributed by atoms with Gasteiger partial charge in [0.05, 0.1) is 17.0 Å². The lowest BCUT2D eigenvalue weighted by molar-refractivity contribution is 0.120. The van der Waals surface area contributed by atoms with E-state index in [1.807, 2.05) is 12.1 Å². The number of hydrogen-bond acceptors (Lipinski definition) is 2. The molecule has 2 unspecified atom stereocenters. The maximum absolute atomic E-state index is 9.08. The van der Waals surface area contributed by atoms with E-state index in [0.29, 0.717) is 10.8 Å². The molecule has 1 aromatic rings. The van der Waals surface area contributed by atoms with Crippen LogP contribution in [-0.2, 0) is 0 Å². The topological polar surface area (TPSA) is 33.0 Å². The van der Waals surface area contributed by atoms with Crippen molar-refractivity contribution in [1.82, 2.24) is 0 Å². The lowest BCUT2D eigenvalue weighted by Crippen LogP contribution is -2.29. The molecule has 0 saturated heterocycles. The molecule has 17 heavy (non-hydrogen) atoms. The standard InChI is InChI=1S/C13H13BrClNO/c14-10-5-6-13(11(15)7-10)17-12-4-2-1-3-9(12)8-16/h5-7,9,12H,1-4H2. The monoisotopic (exact) mass is 313 g/mol. The van der Waals surface area contributed by atoms with Crippen LogP contribution < -0.4 is 4.74 Å². The van der Waals surface area contributed by atoms with E-state index in [9.17, 15) is 0 Å². The summed E-state index contributed by atoms with van der Waals surface area (Å²) in [6.07, 6.45) is 4.08. The van der Waals surface area contributed by atoms with Gasteiger partial charge in [-0.15, -0.1) is 0 Å². The van der Waals surface area contributed by atoms with Crippen LogP contribution in [0.3, 0.4) is 0 Å². The molecule has 90 valence electrons. The molecule has 0 bridgehead atoms. The summed E-state index contributed by atoms with van der Waals surface area (Å²) in [5.74, 6) is 0.658. The summed E-state index contributed by atoms with van der Waals surface area (Å²) in [5, 5.41) is 9.67. The third kappa shape index (κ3) is 3.14. The zero-order valence-electron chi connectivity index (χ0n) is 9.33. The molecule has 1 saturated carbocycles. The van der Waals surface area contributed by atoms with Gasteiger partial charge in [0.15, 0.2) is 0 Å². The SMILES string of the molecule is N#CC1CCCCC1Oc1ccc(Br)cc1Cl. The second kappa shape index (κ2) is 5.75. The molecule has 0 aromatic heterocycles. The molecular weight excluding hydrogens is 302 g/mol. The lowest BCUT2D eigenvalue weighted by atomic mass is 9.87. The van der Waals surface area contributed by atoms with Crippen LogP contribution in [0, 0.1) is 17.2 Å². The Morgan fingerprint density at radius 2 is 2.12 bits per heavy atom. The first kappa shape index (κ1) is 12.7. The van der Waals surface area contributed by atoms with Crippen molar-refractivity contribution in [3.05, 3.63) is 27.7 Å². The van der Waals surface area contributed by atoms with Crippen molar-refractivity contribution in [1.29, 1.82) is 5.26 Å². The first-order chi connectivity index (χ1) is 8.20. The number of ether oxygens (including phenoxy) is 1. The van der Waals surface area contributed by atoms with Crippen LogP contribution in [0.2, 0.25) is 5.02 Å². The summed E-state index contributed by atoms with van der Waals surface area (Å²) in [6, 6.07) is 7.87. The van der Waals surface area contributed by atoms with Crippen molar-refractivity contribution in [2.75, 3.05) is 0 Å². The first-order valence-corrected chi connectivity index (χ1v) is 6.89. The van der Waals surface area contributed by atoms with E-state index >= 15 is 0 Å². The number of hydrogen-bond donors (Lipinski definition) is 0. The second-order valence-electron chi connectivity index (χ2n) is 4.25. The molecule has 0 spiro atoms. The largest absolute Gasteiger partial charge is 0.487 e. The van der Waals surface area contributed by atoms with Gasteiger partial charge in [-0.2, -0.15) is 5.26 Å². The van der Waals surface area contributed by atoms with Crippen molar-refractivity contribution in [3.63, 3.8) is 0 Å². The summed E-state index contributed by atoms with van der Waals surface area (Å²) in [5.41, 5.74) is 0. The van der Waals surface area contributed by atoms with Crippen LogP contribution >= 0.6 is 27.5 Å². The van der Waals surface area contributed by atoms with E-state index < -0.39 is 0 Å². The van der Waals surface area contributed by atoms with Crippen LogP contribution in [0.15, 0.2) is 22.7 Å². The summed E-state index contributed by atoms with van der Waals surface area (Å²) in [6.45, 7) is 0. The van der Waals surface area contributed by atoms with Crippen LogP contribution in [0.25, 0.3) is 0 Å². The lowest BCUT2D eigenvalue weighted by Gasteiger charge is -2.27. The van der Waals surface area contributed by atoms with Gasteiger partial charge in [-0.1, -0.05) is 34.0 Å². The highest BCUT2D eigenvalue weighted by Crippen LogP contribution is 2.33. The molecule has 0 amide bonds. The Balaban J connectivity index is 2.11. The van der Waals surface area contributed by atoms with E-state index in [2.05, 4.69) is 22.0 Å². The maximum Gasteiger partial charge on any atom is 0.138 e. The normalized spacial score (nSPS) is 24.1. The highest BCUT2D eigenvalue weighted by Gasteiger charge is 2.27. The Kier molecular flexibility index (Phi) is 4.31. The average molecular weight is 315 g/mol. The van der Waals surface area contributed by atoms with Gasteiger partial charge in [-0.25, -0.2) is 0 Å². The number of halogens is 2. The van der Waals surface area contributed by atoms with Gasteiger partial charge >= 0.3 is 0 Å². The van der Waals surface area contributed by atoms with Crippen molar-refractivity contribution >= 4 is 27.5 Å². The van der Waals surface area contributed by atoms with Crippen molar-refractivity contribution in [2.24, 2.45) is 5.92 Å². The third-order valence-electron chi connectivity index (χ3n) is 3.04. The smallest absolute Gasteiger partial charge is 0.138 e. The maximum atomic E-state index is 9.08. The summed E-state index contributed by atoms with van der Waals surface area (Å²) >= 11 is 9.46. The van der Waals surface area contributed by atoms with Crippen LogP contribution in [0.4, 0.5) is 0 Å². The molecule has 0 heterocycles. The number of rotatable bonds is 2. The Morgan fingerprint density at radius 3 is 2.82 bits per heavy atom. The van der Waals surface area contributed by atoms with E-state index in [4.69, 9.17) is 21.6 Å². The van der Waals surface area contributed by atoms with Crippen LogP contribution in [0.5, 0.6) is 5.75 Å². The van der Waals surface area contributed by atoms with E-state index in [1.54, 1.807) is 6.07 Å². The third-order valence-corrected chi connectivity index (χ3v) is 3.83. The molecule has 2 rings (SSSR count). The van der Waals surface area contributed by atoms with Gasteiger partial charge in [0.25, 0.3) is 0 Å². The summed E-state index contributed by atoms with van der Waals surface area (Å²) < 4.78 is 6.80.